The molecule has 1 atom stereocenters. The summed E-state index contributed by atoms with van der Waals surface area (Å²) in [6.07, 6.45) is 8.04. The van der Waals surface area contributed by atoms with E-state index in [1.165, 1.54) is 12.8 Å². The van der Waals surface area contributed by atoms with Crippen LogP contribution in [0.1, 0.15) is 46.5 Å². The molecule has 0 fully saturated rings. The lowest BCUT2D eigenvalue weighted by molar-refractivity contribution is 0.256. The number of benzene rings is 1. The molecule has 1 unspecified atom stereocenters. The summed E-state index contributed by atoms with van der Waals surface area (Å²) in [5, 5.41) is 0. The first-order chi connectivity index (χ1) is 11.7. The summed E-state index contributed by atoms with van der Waals surface area (Å²) < 4.78 is 11.4. The van der Waals surface area contributed by atoms with Gasteiger partial charge in [-0.2, -0.15) is 0 Å². The fraction of sp³-hybridized carbons (Fsp3) is 0.500. The third-order valence-corrected chi connectivity index (χ3v) is 3.99. The molecule has 24 heavy (non-hydrogen) atoms. The molecule has 0 saturated carbocycles. The Labute approximate surface area is 145 Å². The molecule has 0 aliphatic heterocycles. The number of ether oxygens (including phenoxy) is 2. The van der Waals surface area contributed by atoms with Gasteiger partial charge in [-0.1, -0.05) is 40.0 Å². The van der Waals surface area contributed by atoms with E-state index in [1.807, 2.05) is 24.3 Å². The predicted molar refractivity (Wildman–Crippen MR) is 97.4 cm³/mol. The molecule has 1 aromatic carbocycles. The molecule has 2 aromatic rings. The molecule has 1 heterocycles. The predicted octanol–water partition coefficient (Wildman–Crippen LogP) is 5.14. The normalized spacial score (nSPS) is 12.0. The molecule has 4 heteroatoms. The van der Waals surface area contributed by atoms with Crippen molar-refractivity contribution in [3.8, 4) is 22.9 Å². The van der Waals surface area contributed by atoms with E-state index in [4.69, 9.17) is 9.47 Å². The Morgan fingerprint density at radius 1 is 0.917 bits per heavy atom. The molecule has 1 aromatic heterocycles. The summed E-state index contributed by atoms with van der Waals surface area (Å²) in [5.41, 5.74) is 0.975. The van der Waals surface area contributed by atoms with Gasteiger partial charge in [0.1, 0.15) is 5.75 Å². The summed E-state index contributed by atoms with van der Waals surface area (Å²) in [7, 11) is 0. The fourth-order valence-electron chi connectivity index (χ4n) is 2.14. The quantitative estimate of drug-likeness (QED) is 0.567. The standard InChI is InChI=1S/C20H28N2O2/c1-4-6-7-12-23-19-13-21-20(22-14-19)17-8-10-18(11-9-17)24-15-16(3)5-2/h8-11,13-14,16H,4-7,12,15H2,1-3H3. The Kier molecular flexibility index (Phi) is 7.53. The Morgan fingerprint density at radius 3 is 2.25 bits per heavy atom. The highest BCUT2D eigenvalue weighted by molar-refractivity contribution is 5.56. The van der Waals surface area contributed by atoms with Gasteiger partial charge in [0.15, 0.2) is 11.6 Å². The number of hydrogen-bond acceptors (Lipinski definition) is 4. The maximum Gasteiger partial charge on any atom is 0.159 e. The van der Waals surface area contributed by atoms with Crippen LogP contribution in [0, 0.1) is 5.92 Å². The first kappa shape index (κ1) is 18.2. The summed E-state index contributed by atoms with van der Waals surface area (Å²) in [6.45, 7) is 8.01. The topological polar surface area (TPSA) is 44.2 Å². The zero-order valence-electron chi connectivity index (χ0n) is 15.0. The summed E-state index contributed by atoms with van der Waals surface area (Å²) in [6, 6.07) is 7.92. The Balaban J connectivity index is 1.89. The van der Waals surface area contributed by atoms with Crippen molar-refractivity contribution in [3.05, 3.63) is 36.7 Å². The maximum absolute atomic E-state index is 5.77. The zero-order valence-corrected chi connectivity index (χ0v) is 15.0. The molecule has 4 nitrogen and oxygen atoms in total. The number of nitrogens with zero attached hydrogens (tertiary/aromatic N) is 2. The average Bonchev–Trinajstić information content (AvgIpc) is 2.64. The smallest absolute Gasteiger partial charge is 0.159 e. The second kappa shape index (κ2) is 9.91. The minimum Gasteiger partial charge on any atom is -0.493 e. The molecule has 0 amide bonds. The molecule has 0 radical (unpaired) electrons. The van der Waals surface area contributed by atoms with Gasteiger partial charge in [-0.3, -0.25) is 0 Å². The van der Waals surface area contributed by atoms with Gasteiger partial charge in [0.25, 0.3) is 0 Å². The van der Waals surface area contributed by atoms with Crippen molar-refractivity contribution in [1.29, 1.82) is 0 Å². The molecule has 0 spiro atoms. The highest BCUT2D eigenvalue weighted by Gasteiger charge is 2.04. The first-order valence-electron chi connectivity index (χ1n) is 8.91. The van der Waals surface area contributed by atoms with Crippen molar-refractivity contribution in [3.63, 3.8) is 0 Å². The van der Waals surface area contributed by atoms with Crippen LogP contribution >= 0.6 is 0 Å². The molecule has 0 aliphatic carbocycles. The van der Waals surface area contributed by atoms with E-state index < -0.39 is 0 Å². The zero-order chi connectivity index (χ0) is 17.2. The largest absolute Gasteiger partial charge is 0.493 e. The Bertz CT molecular complexity index is 582. The van der Waals surface area contributed by atoms with Crippen LogP contribution in [-0.4, -0.2) is 23.2 Å². The molecule has 0 aliphatic rings. The lowest BCUT2D eigenvalue weighted by Gasteiger charge is -2.11. The van der Waals surface area contributed by atoms with Crippen LogP contribution in [0.15, 0.2) is 36.7 Å². The number of rotatable bonds is 10. The van der Waals surface area contributed by atoms with Crippen LogP contribution in [0.5, 0.6) is 11.5 Å². The van der Waals surface area contributed by atoms with E-state index in [2.05, 4.69) is 30.7 Å². The van der Waals surface area contributed by atoms with Crippen molar-refractivity contribution >= 4 is 0 Å². The van der Waals surface area contributed by atoms with Crippen molar-refractivity contribution in [2.24, 2.45) is 5.92 Å². The van der Waals surface area contributed by atoms with Crippen molar-refractivity contribution < 1.29 is 9.47 Å². The van der Waals surface area contributed by atoms with E-state index in [1.54, 1.807) is 12.4 Å². The second-order valence-electron chi connectivity index (χ2n) is 6.15. The van der Waals surface area contributed by atoms with Crippen LogP contribution in [0.2, 0.25) is 0 Å². The van der Waals surface area contributed by atoms with Gasteiger partial charge in [0.05, 0.1) is 25.6 Å². The highest BCUT2D eigenvalue weighted by Crippen LogP contribution is 2.21. The minimum absolute atomic E-state index is 0.567. The van der Waals surface area contributed by atoms with Crippen LogP contribution in [0.3, 0.4) is 0 Å². The molecule has 0 saturated heterocycles. The summed E-state index contributed by atoms with van der Waals surface area (Å²) >= 11 is 0. The molecule has 130 valence electrons. The summed E-state index contributed by atoms with van der Waals surface area (Å²) in [4.78, 5) is 8.78. The Hall–Kier alpha value is -2.10. The molecular formula is C20H28N2O2. The lowest BCUT2D eigenvalue weighted by Crippen LogP contribution is -2.07. The lowest BCUT2D eigenvalue weighted by atomic mass is 10.1. The van der Waals surface area contributed by atoms with E-state index in [-0.39, 0.29) is 0 Å². The Morgan fingerprint density at radius 2 is 1.62 bits per heavy atom. The van der Waals surface area contributed by atoms with E-state index >= 15 is 0 Å². The van der Waals surface area contributed by atoms with E-state index in [9.17, 15) is 0 Å². The minimum atomic E-state index is 0.567. The SMILES string of the molecule is CCCCCOc1cnc(-c2ccc(OCC(C)CC)cc2)nc1. The van der Waals surface area contributed by atoms with Crippen LogP contribution < -0.4 is 9.47 Å². The average molecular weight is 328 g/mol. The van der Waals surface area contributed by atoms with Crippen LogP contribution in [0.4, 0.5) is 0 Å². The number of aromatic nitrogens is 2. The van der Waals surface area contributed by atoms with Crippen molar-refractivity contribution in [1.82, 2.24) is 9.97 Å². The number of hydrogen-bond donors (Lipinski definition) is 0. The third-order valence-electron chi connectivity index (χ3n) is 3.99. The van der Waals surface area contributed by atoms with Gasteiger partial charge in [-0.25, -0.2) is 9.97 Å². The van der Waals surface area contributed by atoms with Gasteiger partial charge in [0.2, 0.25) is 0 Å². The van der Waals surface area contributed by atoms with Gasteiger partial charge < -0.3 is 9.47 Å². The van der Waals surface area contributed by atoms with E-state index in [0.29, 0.717) is 11.7 Å². The van der Waals surface area contributed by atoms with Gasteiger partial charge in [-0.15, -0.1) is 0 Å². The first-order valence-corrected chi connectivity index (χ1v) is 8.91. The van der Waals surface area contributed by atoms with Crippen LogP contribution in [0.25, 0.3) is 11.4 Å². The monoisotopic (exact) mass is 328 g/mol. The molecule has 0 bridgehead atoms. The van der Waals surface area contributed by atoms with Crippen LogP contribution in [-0.2, 0) is 0 Å². The molecule has 2 rings (SSSR count). The number of unbranched alkanes of at least 4 members (excludes halogenated alkanes) is 2. The third kappa shape index (κ3) is 5.84. The highest BCUT2D eigenvalue weighted by atomic mass is 16.5. The summed E-state index contributed by atoms with van der Waals surface area (Å²) in [5.74, 6) is 2.88. The fourth-order valence-corrected chi connectivity index (χ4v) is 2.14. The van der Waals surface area contributed by atoms with E-state index in [0.717, 1.165) is 43.1 Å². The van der Waals surface area contributed by atoms with Crippen molar-refractivity contribution in [2.45, 2.75) is 46.5 Å². The van der Waals surface area contributed by atoms with Gasteiger partial charge >= 0.3 is 0 Å². The van der Waals surface area contributed by atoms with Gasteiger partial charge in [0, 0.05) is 5.56 Å². The second-order valence-corrected chi connectivity index (χ2v) is 6.15. The maximum atomic E-state index is 5.77. The molecular weight excluding hydrogens is 300 g/mol. The van der Waals surface area contributed by atoms with Crippen molar-refractivity contribution in [2.75, 3.05) is 13.2 Å². The van der Waals surface area contributed by atoms with Gasteiger partial charge in [-0.05, 0) is 36.6 Å². The molecule has 0 N–H and O–H groups in total.